The summed E-state index contributed by atoms with van der Waals surface area (Å²) in [5.41, 5.74) is 2.24. The third-order valence-corrected chi connectivity index (χ3v) is 6.93. The number of hydrogen-bond donors (Lipinski definition) is 0. The van der Waals surface area contributed by atoms with Crippen molar-refractivity contribution in [2.45, 2.75) is 50.4 Å². The van der Waals surface area contributed by atoms with Gasteiger partial charge in [0, 0.05) is 24.7 Å². The molecule has 0 spiro atoms. The largest absolute Gasteiger partial charge is 0.497 e. The van der Waals surface area contributed by atoms with Crippen molar-refractivity contribution in [1.82, 2.24) is 19.7 Å². The molecule has 0 bridgehead atoms. The van der Waals surface area contributed by atoms with Gasteiger partial charge in [0.15, 0.2) is 11.0 Å². The predicted molar refractivity (Wildman–Crippen MR) is 128 cm³/mol. The molecule has 0 radical (unpaired) electrons. The van der Waals surface area contributed by atoms with E-state index in [1.54, 1.807) is 7.11 Å². The fraction of sp³-hybridized carbons (Fsp3) is 0.400. The van der Waals surface area contributed by atoms with Gasteiger partial charge < -0.3 is 14.2 Å². The number of likely N-dealkylation sites (tertiary alicyclic amines) is 1. The van der Waals surface area contributed by atoms with E-state index in [1.807, 2.05) is 35.2 Å². The topological polar surface area (TPSA) is 60.3 Å². The van der Waals surface area contributed by atoms with Crippen molar-refractivity contribution in [2.75, 3.05) is 19.4 Å². The van der Waals surface area contributed by atoms with Crippen molar-refractivity contribution in [3.05, 3.63) is 60.2 Å². The van der Waals surface area contributed by atoms with Gasteiger partial charge >= 0.3 is 0 Å². The number of thioether (sulfide) groups is 1. The molecule has 2 heterocycles. The van der Waals surface area contributed by atoms with Crippen LogP contribution in [0.4, 0.5) is 0 Å². The molecule has 1 aliphatic rings. The first-order valence-electron chi connectivity index (χ1n) is 11.2. The number of ether oxygens (including phenoxy) is 1. The maximum absolute atomic E-state index is 12.9. The number of piperidine rings is 1. The van der Waals surface area contributed by atoms with E-state index in [4.69, 9.17) is 4.74 Å². The van der Waals surface area contributed by atoms with Crippen molar-refractivity contribution in [3.8, 4) is 17.1 Å². The molecule has 7 heteroatoms. The first kappa shape index (κ1) is 22.4. The molecule has 3 aromatic rings. The summed E-state index contributed by atoms with van der Waals surface area (Å²) in [4.78, 5) is 14.9. The van der Waals surface area contributed by atoms with Crippen LogP contribution in [-0.4, -0.2) is 51.0 Å². The highest BCUT2D eigenvalue weighted by molar-refractivity contribution is 7.99. The van der Waals surface area contributed by atoms with Crippen LogP contribution in [0.25, 0.3) is 11.4 Å². The highest BCUT2D eigenvalue weighted by atomic mass is 32.2. The van der Waals surface area contributed by atoms with Crippen LogP contribution in [0.2, 0.25) is 0 Å². The molecule has 32 heavy (non-hydrogen) atoms. The van der Waals surface area contributed by atoms with Crippen molar-refractivity contribution in [2.24, 2.45) is 0 Å². The van der Waals surface area contributed by atoms with Crippen LogP contribution >= 0.6 is 11.8 Å². The summed E-state index contributed by atoms with van der Waals surface area (Å²) in [7, 11) is 1.66. The van der Waals surface area contributed by atoms with Crippen molar-refractivity contribution in [3.63, 3.8) is 0 Å². The molecule has 1 fully saturated rings. The third kappa shape index (κ3) is 5.33. The van der Waals surface area contributed by atoms with Crippen LogP contribution in [0, 0.1) is 0 Å². The predicted octanol–water partition coefficient (Wildman–Crippen LogP) is 4.69. The highest BCUT2D eigenvalue weighted by Gasteiger charge is 2.24. The molecule has 1 atom stereocenters. The van der Waals surface area contributed by atoms with Gasteiger partial charge in [-0.2, -0.15) is 0 Å². The number of carbonyl (C=O) groups excluding carboxylic acids is 1. The molecule has 0 aliphatic carbocycles. The Morgan fingerprint density at radius 2 is 1.88 bits per heavy atom. The second-order valence-corrected chi connectivity index (χ2v) is 9.09. The number of nitrogens with zero attached hydrogens (tertiary/aromatic N) is 4. The zero-order valence-electron chi connectivity index (χ0n) is 18.7. The zero-order valence-corrected chi connectivity index (χ0v) is 19.6. The molecule has 168 valence electrons. The Kier molecular flexibility index (Phi) is 7.47. The Morgan fingerprint density at radius 3 is 2.59 bits per heavy atom. The maximum Gasteiger partial charge on any atom is 0.233 e. The van der Waals surface area contributed by atoms with Gasteiger partial charge in [-0.15, -0.1) is 10.2 Å². The van der Waals surface area contributed by atoms with E-state index >= 15 is 0 Å². The lowest BCUT2D eigenvalue weighted by Gasteiger charge is -2.33. The smallest absolute Gasteiger partial charge is 0.233 e. The first-order chi connectivity index (χ1) is 15.7. The second-order valence-electron chi connectivity index (χ2n) is 8.14. The summed E-state index contributed by atoms with van der Waals surface area (Å²) >= 11 is 1.48. The molecule has 0 N–H and O–H groups in total. The molecule has 1 aromatic heterocycles. The maximum atomic E-state index is 12.9. The Balaban J connectivity index is 1.53. The fourth-order valence-corrected chi connectivity index (χ4v) is 4.96. The summed E-state index contributed by atoms with van der Waals surface area (Å²) in [6.07, 6.45) is 4.25. The number of benzene rings is 2. The standard InChI is InChI=1S/C25H30N4O2S/c1-19-8-6-7-16-28(19)23(30)18-32-25-27-26-24(21-11-13-22(31-2)14-12-21)29(25)17-15-20-9-4-3-5-10-20/h3-5,9-14,19H,6-8,15-18H2,1-2H3. The molecular weight excluding hydrogens is 420 g/mol. The number of amides is 1. The lowest BCUT2D eigenvalue weighted by atomic mass is 10.0. The molecule has 1 amide bonds. The van der Waals surface area contributed by atoms with E-state index < -0.39 is 0 Å². The molecule has 0 saturated carbocycles. The molecule has 6 nitrogen and oxygen atoms in total. The van der Waals surface area contributed by atoms with E-state index in [9.17, 15) is 4.79 Å². The van der Waals surface area contributed by atoms with Gasteiger partial charge in [0.05, 0.1) is 12.9 Å². The number of aromatic nitrogens is 3. The third-order valence-electron chi connectivity index (χ3n) is 5.98. The lowest BCUT2D eigenvalue weighted by Crippen LogP contribution is -2.43. The fourth-order valence-electron chi connectivity index (χ4n) is 4.11. The van der Waals surface area contributed by atoms with Crippen LogP contribution in [0.3, 0.4) is 0 Å². The average molecular weight is 451 g/mol. The summed E-state index contributed by atoms with van der Waals surface area (Å²) < 4.78 is 7.42. The van der Waals surface area contributed by atoms with E-state index in [0.29, 0.717) is 11.8 Å². The van der Waals surface area contributed by atoms with Gasteiger partial charge in [-0.05, 0) is 62.4 Å². The number of hydrogen-bond acceptors (Lipinski definition) is 5. The van der Waals surface area contributed by atoms with Crippen molar-refractivity contribution < 1.29 is 9.53 Å². The summed E-state index contributed by atoms with van der Waals surface area (Å²) in [5.74, 6) is 2.19. The minimum atomic E-state index is 0.186. The quantitative estimate of drug-likeness (QED) is 0.466. The molecular formula is C25H30N4O2S. The Morgan fingerprint density at radius 1 is 1.09 bits per heavy atom. The second kappa shape index (κ2) is 10.7. The molecule has 1 aliphatic heterocycles. The van der Waals surface area contributed by atoms with E-state index in [0.717, 1.165) is 54.6 Å². The number of carbonyl (C=O) groups is 1. The van der Waals surface area contributed by atoms with Gasteiger partial charge in [-0.3, -0.25) is 4.79 Å². The number of rotatable bonds is 8. The minimum absolute atomic E-state index is 0.186. The highest BCUT2D eigenvalue weighted by Crippen LogP contribution is 2.27. The average Bonchev–Trinajstić information content (AvgIpc) is 3.25. The van der Waals surface area contributed by atoms with E-state index in [1.165, 1.54) is 23.7 Å². The normalized spacial score (nSPS) is 16.2. The SMILES string of the molecule is COc1ccc(-c2nnc(SCC(=O)N3CCCCC3C)n2CCc2ccccc2)cc1. The first-order valence-corrected chi connectivity index (χ1v) is 12.2. The molecule has 1 saturated heterocycles. The van der Waals surface area contributed by atoms with Crippen LogP contribution in [0.15, 0.2) is 59.8 Å². The van der Waals surface area contributed by atoms with Gasteiger partial charge in [0.2, 0.25) is 5.91 Å². The van der Waals surface area contributed by atoms with Crippen molar-refractivity contribution in [1.29, 1.82) is 0 Å². The van der Waals surface area contributed by atoms with Gasteiger partial charge in [-0.1, -0.05) is 42.1 Å². The van der Waals surface area contributed by atoms with Crippen LogP contribution in [0.1, 0.15) is 31.7 Å². The monoisotopic (exact) mass is 450 g/mol. The molecule has 1 unspecified atom stereocenters. The van der Waals surface area contributed by atoms with E-state index in [-0.39, 0.29) is 5.91 Å². The zero-order chi connectivity index (χ0) is 22.3. The number of aryl methyl sites for hydroxylation is 1. The van der Waals surface area contributed by atoms with Crippen molar-refractivity contribution >= 4 is 17.7 Å². The minimum Gasteiger partial charge on any atom is -0.497 e. The van der Waals surface area contributed by atoms with Gasteiger partial charge in [-0.25, -0.2) is 0 Å². The Labute approximate surface area is 194 Å². The van der Waals surface area contributed by atoms with E-state index in [2.05, 4.69) is 46.0 Å². The van der Waals surface area contributed by atoms with Crippen LogP contribution < -0.4 is 4.74 Å². The van der Waals surface area contributed by atoms with Gasteiger partial charge in [0.25, 0.3) is 0 Å². The summed E-state index contributed by atoms with van der Waals surface area (Å²) in [6.45, 7) is 3.75. The molecule has 4 rings (SSSR count). The molecule has 2 aromatic carbocycles. The van der Waals surface area contributed by atoms with Crippen LogP contribution in [-0.2, 0) is 17.8 Å². The van der Waals surface area contributed by atoms with Crippen LogP contribution in [0.5, 0.6) is 5.75 Å². The summed E-state index contributed by atoms with van der Waals surface area (Å²) in [5, 5.41) is 9.73. The Bertz CT molecular complexity index is 1020. The lowest BCUT2D eigenvalue weighted by molar-refractivity contribution is -0.131. The Hall–Kier alpha value is -2.80. The summed E-state index contributed by atoms with van der Waals surface area (Å²) in [6, 6.07) is 18.6. The number of methoxy groups -OCH3 is 1. The van der Waals surface area contributed by atoms with Gasteiger partial charge in [0.1, 0.15) is 5.75 Å².